The lowest BCUT2D eigenvalue weighted by atomic mass is 9.94. The van der Waals surface area contributed by atoms with E-state index >= 15 is 4.39 Å². The van der Waals surface area contributed by atoms with Gasteiger partial charge in [-0.25, -0.2) is 22.5 Å². The molecule has 1 saturated carbocycles. The molecule has 2 heterocycles. The van der Waals surface area contributed by atoms with Gasteiger partial charge in [-0.3, -0.25) is 4.40 Å². The van der Waals surface area contributed by atoms with Crippen LogP contribution in [0.4, 0.5) is 4.39 Å². The molecule has 0 atom stereocenters. The summed E-state index contributed by atoms with van der Waals surface area (Å²) >= 11 is 1.56. The van der Waals surface area contributed by atoms with Gasteiger partial charge >= 0.3 is 0 Å². The molecule has 1 fully saturated rings. The number of benzene rings is 1. The van der Waals surface area contributed by atoms with Crippen molar-refractivity contribution in [2.45, 2.75) is 75.8 Å². The van der Waals surface area contributed by atoms with Gasteiger partial charge in [0.05, 0.1) is 24.6 Å². The van der Waals surface area contributed by atoms with Crippen LogP contribution in [0.25, 0.3) is 16.2 Å². The van der Waals surface area contributed by atoms with Gasteiger partial charge in [0.1, 0.15) is 4.90 Å². The Morgan fingerprint density at radius 2 is 1.91 bits per heavy atom. The number of nitrogens with one attached hydrogen (secondary N) is 1. The van der Waals surface area contributed by atoms with Crippen LogP contribution >= 0.6 is 11.3 Å². The maximum atomic E-state index is 15.1. The van der Waals surface area contributed by atoms with E-state index in [2.05, 4.69) is 30.5 Å². The molecule has 3 aromatic rings. The fourth-order valence-corrected chi connectivity index (χ4v) is 6.82. The Bertz CT molecular complexity index is 1280. The molecule has 0 unspecified atom stereocenters. The smallest absolute Gasteiger partial charge is 0.244 e. The van der Waals surface area contributed by atoms with Crippen molar-refractivity contribution >= 4 is 26.3 Å². The average molecular weight is 496 g/mol. The van der Waals surface area contributed by atoms with Crippen LogP contribution in [-0.4, -0.2) is 42.2 Å². The quantitative estimate of drug-likeness (QED) is 0.547. The predicted molar refractivity (Wildman–Crippen MR) is 127 cm³/mol. The summed E-state index contributed by atoms with van der Waals surface area (Å²) in [5.74, 6) is -1.07. The van der Waals surface area contributed by atoms with Gasteiger partial charge in [0.25, 0.3) is 0 Å². The summed E-state index contributed by atoms with van der Waals surface area (Å²) in [6.45, 7) is 8.16. The van der Waals surface area contributed by atoms with Crippen LogP contribution in [-0.2, 0) is 15.4 Å². The van der Waals surface area contributed by atoms with Crippen molar-refractivity contribution in [3.63, 3.8) is 0 Å². The summed E-state index contributed by atoms with van der Waals surface area (Å²) in [5, 5.41) is 9.71. The number of aryl methyl sites for hydroxylation is 1. The number of fused-ring (bicyclic) bond motifs is 1. The zero-order valence-electron chi connectivity index (χ0n) is 19.5. The third kappa shape index (κ3) is 4.66. The minimum Gasteiger partial charge on any atom is -0.492 e. The second kappa shape index (κ2) is 8.65. The molecule has 1 aliphatic rings. The summed E-state index contributed by atoms with van der Waals surface area (Å²) in [6, 6.07) is 2.43. The first-order chi connectivity index (χ1) is 15.4. The summed E-state index contributed by atoms with van der Waals surface area (Å²) in [5.41, 5.74) is 1.67. The van der Waals surface area contributed by atoms with E-state index in [0.29, 0.717) is 42.6 Å². The summed E-state index contributed by atoms with van der Waals surface area (Å²) < 4.78 is 51.4. The first kappa shape index (κ1) is 24.1. The lowest BCUT2D eigenvalue weighted by Crippen LogP contribution is -2.38. The SMILES string of the molecule is COc1c(F)cc(-c2c(C)nc3sc(C(C)(C)C)cn23)cc1S(=O)(=O)N[C@H]1CC[C@@H](O)CC1. The van der Waals surface area contributed by atoms with Gasteiger partial charge in [-0.15, -0.1) is 11.3 Å². The van der Waals surface area contributed by atoms with Crippen molar-refractivity contribution in [3.05, 3.63) is 34.7 Å². The van der Waals surface area contributed by atoms with Gasteiger partial charge in [0.15, 0.2) is 16.5 Å². The largest absolute Gasteiger partial charge is 0.492 e. The summed E-state index contributed by atoms with van der Waals surface area (Å²) in [6.07, 6.45) is 3.68. The second-order valence-corrected chi connectivity index (χ2v) is 12.4. The number of imidazole rings is 1. The number of thiazole rings is 1. The minimum atomic E-state index is -4.06. The molecule has 0 aliphatic heterocycles. The molecular weight excluding hydrogens is 465 g/mol. The van der Waals surface area contributed by atoms with Crippen LogP contribution < -0.4 is 9.46 Å². The fourth-order valence-electron chi connectivity index (χ4n) is 4.23. The normalized spacial score (nSPS) is 19.8. The fraction of sp³-hybridized carbons (Fsp3) is 0.522. The van der Waals surface area contributed by atoms with Gasteiger partial charge in [-0.1, -0.05) is 20.8 Å². The zero-order valence-corrected chi connectivity index (χ0v) is 21.1. The van der Waals surface area contributed by atoms with Crippen LogP contribution in [0.3, 0.4) is 0 Å². The molecule has 0 spiro atoms. The Morgan fingerprint density at radius 3 is 2.52 bits per heavy atom. The zero-order chi connectivity index (χ0) is 24.1. The van der Waals surface area contributed by atoms with Crippen molar-refractivity contribution in [3.8, 4) is 17.0 Å². The number of nitrogens with zero attached hydrogens (tertiary/aromatic N) is 2. The van der Waals surface area contributed by atoms with Crippen molar-refractivity contribution in [1.29, 1.82) is 0 Å². The predicted octanol–water partition coefficient (Wildman–Crippen LogP) is 4.40. The average Bonchev–Trinajstić information content (AvgIpc) is 3.25. The third-order valence-corrected chi connectivity index (χ3v) is 8.97. The Morgan fingerprint density at radius 1 is 1.24 bits per heavy atom. The third-order valence-electron chi connectivity index (χ3n) is 6.03. The van der Waals surface area contributed by atoms with Crippen LogP contribution in [0, 0.1) is 12.7 Å². The second-order valence-electron chi connectivity index (χ2n) is 9.66. The number of aromatic nitrogens is 2. The van der Waals surface area contributed by atoms with E-state index in [4.69, 9.17) is 4.74 Å². The molecule has 7 nitrogen and oxygen atoms in total. The molecule has 0 amide bonds. The summed E-state index contributed by atoms with van der Waals surface area (Å²) in [7, 11) is -2.81. The number of aliphatic hydroxyl groups excluding tert-OH is 1. The van der Waals surface area contributed by atoms with Crippen LogP contribution in [0.2, 0.25) is 0 Å². The Kier molecular flexibility index (Phi) is 6.32. The highest BCUT2D eigenvalue weighted by atomic mass is 32.2. The number of methoxy groups -OCH3 is 1. The van der Waals surface area contributed by atoms with E-state index in [-0.39, 0.29) is 22.1 Å². The molecule has 2 aromatic heterocycles. The lowest BCUT2D eigenvalue weighted by Gasteiger charge is -2.26. The molecule has 33 heavy (non-hydrogen) atoms. The van der Waals surface area contributed by atoms with E-state index < -0.39 is 21.9 Å². The number of aliphatic hydroxyl groups is 1. The first-order valence-electron chi connectivity index (χ1n) is 11.0. The lowest BCUT2D eigenvalue weighted by molar-refractivity contribution is 0.120. The van der Waals surface area contributed by atoms with E-state index in [1.165, 1.54) is 19.2 Å². The molecule has 2 N–H and O–H groups in total. The van der Waals surface area contributed by atoms with E-state index in [0.717, 1.165) is 9.84 Å². The number of sulfonamides is 1. The molecule has 1 aromatic carbocycles. The Labute approximate surface area is 197 Å². The number of hydrogen-bond donors (Lipinski definition) is 2. The molecule has 0 radical (unpaired) electrons. The van der Waals surface area contributed by atoms with Gasteiger partial charge in [-0.05, 0) is 50.2 Å². The number of halogens is 1. The standard InChI is InChI=1S/C23H30FN3O4S2/c1-13-20(27-12-19(23(2,3)4)32-22(27)25-13)14-10-17(24)21(31-5)18(11-14)33(29,30)26-15-6-8-16(28)9-7-15/h10-12,15-16,26,28H,6-9H2,1-5H3/t15-,16+. The van der Waals surface area contributed by atoms with Gasteiger partial charge in [0.2, 0.25) is 10.0 Å². The summed E-state index contributed by atoms with van der Waals surface area (Å²) in [4.78, 5) is 6.27. The van der Waals surface area contributed by atoms with Gasteiger partial charge in [-0.2, -0.15) is 0 Å². The topological polar surface area (TPSA) is 92.9 Å². The monoisotopic (exact) mass is 495 g/mol. The van der Waals surface area contributed by atoms with E-state index in [9.17, 15) is 13.5 Å². The van der Waals surface area contributed by atoms with E-state index in [1.807, 2.05) is 17.5 Å². The van der Waals surface area contributed by atoms with Crippen molar-refractivity contribution in [2.24, 2.45) is 0 Å². The number of hydrogen-bond acceptors (Lipinski definition) is 6. The molecule has 10 heteroatoms. The highest BCUT2D eigenvalue weighted by Gasteiger charge is 2.30. The maximum Gasteiger partial charge on any atom is 0.244 e. The van der Waals surface area contributed by atoms with Crippen LogP contribution in [0.1, 0.15) is 57.0 Å². The minimum absolute atomic E-state index is 0.0757. The van der Waals surface area contributed by atoms with Crippen molar-refractivity contribution in [2.75, 3.05) is 7.11 Å². The first-order valence-corrected chi connectivity index (χ1v) is 13.3. The number of rotatable bonds is 5. The molecule has 180 valence electrons. The molecule has 4 rings (SSSR count). The highest BCUT2D eigenvalue weighted by Crippen LogP contribution is 2.38. The van der Waals surface area contributed by atoms with Gasteiger partial charge in [0, 0.05) is 22.7 Å². The van der Waals surface area contributed by atoms with E-state index in [1.54, 1.807) is 11.3 Å². The Hall–Kier alpha value is -2.01. The molecule has 1 aliphatic carbocycles. The highest BCUT2D eigenvalue weighted by molar-refractivity contribution is 7.89. The van der Waals surface area contributed by atoms with Crippen LogP contribution in [0.5, 0.6) is 5.75 Å². The molecule has 0 saturated heterocycles. The van der Waals surface area contributed by atoms with Crippen LogP contribution in [0.15, 0.2) is 23.2 Å². The molecular formula is C23H30FN3O4S2. The van der Waals surface area contributed by atoms with Gasteiger partial charge < -0.3 is 9.84 Å². The number of ether oxygens (including phenoxy) is 1. The maximum absolute atomic E-state index is 15.1. The Balaban J connectivity index is 1.81. The van der Waals surface area contributed by atoms with Crippen molar-refractivity contribution in [1.82, 2.24) is 14.1 Å². The van der Waals surface area contributed by atoms with Crippen molar-refractivity contribution < 1.29 is 22.7 Å². The molecule has 0 bridgehead atoms.